The van der Waals surface area contributed by atoms with E-state index >= 15 is 0 Å². The van der Waals surface area contributed by atoms with E-state index in [1.807, 2.05) is 0 Å². The number of hydrogen-bond donors (Lipinski definition) is 1. The summed E-state index contributed by atoms with van der Waals surface area (Å²) in [6, 6.07) is 0. The minimum Gasteiger partial charge on any atom is -0.438 e. The Labute approximate surface area is 153 Å². The number of hydrogen-bond acceptors (Lipinski definition) is 9. The Kier molecular flexibility index (Phi) is 12.9. The molecule has 1 N–H and O–H groups in total. The van der Waals surface area contributed by atoms with E-state index in [-0.39, 0.29) is 32.0 Å². The monoisotopic (exact) mass is 397 g/mol. The van der Waals surface area contributed by atoms with Gasteiger partial charge < -0.3 is 9.47 Å². The van der Waals surface area contributed by atoms with Crippen LogP contribution in [0.1, 0.15) is 52.9 Å². The molecule has 0 atom stereocenters. The second kappa shape index (κ2) is 13.7. The van der Waals surface area contributed by atoms with Gasteiger partial charge in [-0.3, -0.25) is 33.2 Å². The third-order valence-corrected chi connectivity index (χ3v) is 4.87. The zero-order valence-electron chi connectivity index (χ0n) is 15.5. The molecule has 0 saturated carbocycles. The molecule has 0 aromatic heterocycles. The van der Waals surface area contributed by atoms with E-state index in [9.17, 15) is 24.2 Å². The third-order valence-electron chi connectivity index (χ3n) is 3.01. The summed E-state index contributed by atoms with van der Waals surface area (Å²) >= 11 is 0. The summed E-state index contributed by atoms with van der Waals surface area (Å²) in [5.74, 6) is -1.58. The SMILES string of the molecule is CCCC(=O)OCOP(=O)(CCCN(O)C(C)=O)OCOC(=O)CCC. The molecule has 0 aromatic rings. The van der Waals surface area contributed by atoms with Crippen LogP contribution in [-0.2, 0) is 37.5 Å². The van der Waals surface area contributed by atoms with Crippen molar-refractivity contribution in [3.63, 3.8) is 0 Å². The van der Waals surface area contributed by atoms with Crippen LogP contribution in [0.25, 0.3) is 0 Å². The lowest BCUT2D eigenvalue weighted by Crippen LogP contribution is -2.26. The lowest BCUT2D eigenvalue weighted by atomic mass is 10.3. The highest BCUT2D eigenvalue weighted by Crippen LogP contribution is 2.48. The largest absolute Gasteiger partial charge is 0.438 e. The molecule has 0 unspecified atom stereocenters. The van der Waals surface area contributed by atoms with Gasteiger partial charge in [0, 0.05) is 26.3 Å². The van der Waals surface area contributed by atoms with Crippen molar-refractivity contribution in [2.75, 3.05) is 26.3 Å². The predicted molar refractivity (Wildman–Crippen MR) is 90.2 cm³/mol. The second-order valence-corrected chi connectivity index (χ2v) is 7.54. The quantitative estimate of drug-likeness (QED) is 0.154. The molecule has 0 aromatic carbocycles. The number of rotatable bonds is 14. The number of ether oxygens (including phenoxy) is 2. The van der Waals surface area contributed by atoms with E-state index in [4.69, 9.17) is 18.5 Å². The van der Waals surface area contributed by atoms with Crippen LogP contribution in [-0.4, -0.2) is 54.4 Å². The van der Waals surface area contributed by atoms with E-state index in [1.165, 1.54) is 6.92 Å². The van der Waals surface area contributed by atoms with Crippen molar-refractivity contribution in [2.45, 2.75) is 52.9 Å². The fourth-order valence-corrected chi connectivity index (χ4v) is 2.92. The van der Waals surface area contributed by atoms with E-state index in [0.717, 1.165) is 0 Å². The Balaban J connectivity index is 4.53. The highest BCUT2D eigenvalue weighted by Gasteiger charge is 2.26. The third kappa shape index (κ3) is 12.0. The zero-order valence-corrected chi connectivity index (χ0v) is 16.4. The first-order valence-electron chi connectivity index (χ1n) is 8.40. The Bertz CT molecular complexity index is 470. The lowest BCUT2D eigenvalue weighted by Gasteiger charge is -2.19. The first-order valence-corrected chi connectivity index (χ1v) is 10.1. The Morgan fingerprint density at radius 1 is 0.962 bits per heavy atom. The van der Waals surface area contributed by atoms with Gasteiger partial charge >= 0.3 is 19.5 Å². The summed E-state index contributed by atoms with van der Waals surface area (Å²) < 4.78 is 32.3. The number of hydroxylamine groups is 2. The highest BCUT2D eigenvalue weighted by molar-refractivity contribution is 7.53. The van der Waals surface area contributed by atoms with E-state index in [2.05, 4.69) is 0 Å². The number of nitrogens with zero attached hydrogens (tertiary/aromatic N) is 1. The van der Waals surface area contributed by atoms with Crippen molar-refractivity contribution >= 4 is 25.4 Å². The van der Waals surface area contributed by atoms with Gasteiger partial charge in [0.15, 0.2) is 0 Å². The van der Waals surface area contributed by atoms with Crippen LogP contribution in [0.5, 0.6) is 0 Å². The van der Waals surface area contributed by atoms with Gasteiger partial charge in [0.1, 0.15) is 0 Å². The fraction of sp³-hybridized carbons (Fsp3) is 0.800. The predicted octanol–water partition coefficient (Wildman–Crippen LogP) is 2.44. The maximum Gasteiger partial charge on any atom is 0.336 e. The van der Waals surface area contributed by atoms with Gasteiger partial charge in [-0.25, -0.2) is 5.06 Å². The van der Waals surface area contributed by atoms with Crippen molar-refractivity contribution in [3.05, 3.63) is 0 Å². The molecule has 152 valence electrons. The molecule has 0 fully saturated rings. The molecule has 11 heteroatoms. The maximum atomic E-state index is 12.6. The molecule has 0 rings (SSSR count). The molecule has 0 aliphatic rings. The molecule has 10 nitrogen and oxygen atoms in total. The van der Waals surface area contributed by atoms with Crippen molar-refractivity contribution in [1.82, 2.24) is 5.06 Å². The molecule has 0 heterocycles. The number of carbonyl (C=O) groups is 3. The standard InChI is InChI=1S/C15H28NO9P/c1-4-7-14(18)22-11-24-26(21,10-6-9-16(20)13(3)17)25-12-23-15(19)8-5-2/h20H,4-12H2,1-3H3. The molecule has 26 heavy (non-hydrogen) atoms. The van der Waals surface area contributed by atoms with Crippen molar-refractivity contribution in [3.8, 4) is 0 Å². The lowest BCUT2D eigenvalue weighted by molar-refractivity contribution is -0.162. The number of esters is 2. The van der Waals surface area contributed by atoms with Gasteiger partial charge in [-0.2, -0.15) is 0 Å². The van der Waals surface area contributed by atoms with Crippen LogP contribution in [0.3, 0.4) is 0 Å². The summed E-state index contributed by atoms with van der Waals surface area (Å²) in [6.07, 6.45) is 1.51. The van der Waals surface area contributed by atoms with Gasteiger partial charge in [-0.15, -0.1) is 0 Å². The van der Waals surface area contributed by atoms with Gasteiger partial charge in [-0.1, -0.05) is 13.8 Å². The topological polar surface area (TPSA) is 129 Å². The Morgan fingerprint density at radius 2 is 1.42 bits per heavy atom. The van der Waals surface area contributed by atoms with Crippen molar-refractivity contribution in [1.29, 1.82) is 0 Å². The first-order chi connectivity index (χ1) is 12.2. The molecule has 0 spiro atoms. The smallest absolute Gasteiger partial charge is 0.336 e. The van der Waals surface area contributed by atoms with Gasteiger partial charge in [0.2, 0.25) is 19.5 Å². The van der Waals surface area contributed by atoms with Gasteiger partial charge in [0.25, 0.3) is 0 Å². The Morgan fingerprint density at radius 3 is 1.81 bits per heavy atom. The molecule has 0 radical (unpaired) electrons. The van der Waals surface area contributed by atoms with E-state index in [0.29, 0.717) is 17.9 Å². The van der Waals surface area contributed by atoms with E-state index < -0.39 is 39.0 Å². The minimum absolute atomic E-state index is 0.0860. The van der Waals surface area contributed by atoms with Crippen molar-refractivity contribution in [2.24, 2.45) is 0 Å². The average molecular weight is 397 g/mol. The normalized spacial score (nSPS) is 11.1. The molecular weight excluding hydrogens is 369 g/mol. The summed E-state index contributed by atoms with van der Waals surface area (Å²) in [6.45, 7) is 3.54. The molecule has 0 aliphatic carbocycles. The van der Waals surface area contributed by atoms with Gasteiger partial charge in [0.05, 0.1) is 6.16 Å². The second-order valence-electron chi connectivity index (χ2n) is 5.36. The summed E-state index contributed by atoms with van der Waals surface area (Å²) in [5.41, 5.74) is 0. The molecule has 0 bridgehead atoms. The summed E-state index contributed by atoms with van der Waals surface area (Å²) in [5, 5.41) is 9.78. The maximum absolute atomic E-state index is 12.6. The first kappa shape index (κ1) is 24.5. The minimum atomic E-state index is -3.76. The highest BCUT2D eigenvalue weighted by atomic mass is 31.2. The van der Waals surface area contributed by atoms with Crippen molar-refractivity contribution < 1.29 is 42.7 Å². The number of carbonyl (C=O) groups excluding carboxylic acids is 3. The fourth-order valence-electron chi connectivity index (χ4n) is 1.64. The number of amides is 1. The van der Waals surface area contributed by atoms with Crippen LogP contribution < -0.4 is 0 Å². The zero-order chi connectivity index (χ0) is 20.0. The van der Waals surface area contributed by atoms with Gasteiger partial charge in [-0.05, 0) is 19.3 Å². The summed E-state index contributed by atoms with van der Waals surface area (Å²) in [7, 11) is -3.76. The Hall–Kier alpha value is -1.48. The molecule has 1 amide bonds. The molecule has 0 saturated heterocycles. The average Bonchev–Trinajstić information content (AvgIpc) is 2.55. The molecule has 0 aliphatic heterocycles. The van der Waals surface area contributed by atoms with Crippen LogP contribution in [0, 0.1) is 0 Å². The van der Waals surface area contributed by atoms with Crippen LogP contribution in [0.15, 0.2) is 0 Å². The summed E-state index contributed by atoms with van der Waals surface area (Å²) in [4.78, 5) is 33.6. The molecular formula is C15H28NO9P. The van der Waals surface area contributed by atoms with Crippen LogP contribution in [0.4, 0.5) is 0 Å². The van der Waals surface area contributed by atoms with Crippen LogP contribution >= 0.6 is 7.60 Å². The van der Waals surface area contributed by atoms with Crippen LogP contribution in [0.2, 0.25) is 0 Å². The van der Waals surface area contributed by atoms with E-state index in [1.54, 1.807) is 13.8 Å².